The van der Waals surface area contributed by atoms with E-state index in [2.05, 4.69) is 0 Å². The first-order valence-electron chi connectivity index (χ1n) is 4.93. The van der Waals surface area contributed by atoms with Crippen LogP contribution in [-0.4, -0.2) is 60.3 Å². The van der Waals surface area contributed by atoms with Crippen molar-refractivity contribution < 1.29 is 27.8 Å². The summed E-state index contributed by atoms with van der Waals surface area (Å²) in [5, 5.41) is 17.8. The van der Waals surface area contributed by atoms with E-state index in [1.807, 2.05) is 0 Å². The lowest BCUT2D eigenvalue weighted by Crippen LogP contribution is -2.34. The van der Waals surface area contributed by atoms with E-state index in [-0.39, 0.29) is 13.2 Å². The second-order valence-corrected chi connectivity index (χ2v) is 3.74. The van der Waals surface area contributed by atoms with Gasteiger partial charge in [0.2, 0.25) is 0 Å². The molecule has 0 saturated heterocycles. The van der Waals surface area contributed by atoms with Crippen LogP contribution in [0.1, 0.15) is 12.8 Å². The lowest BCUT2D eigenvalue weighted by molar-refractivity contribution is -0.137. The number of aliphatic hydroxyl groups is 2. The Balaban J connectivity index is 3.84. The molecule has 1 unspecified atom stereocenters. The Kier molecular flexibility index (Phi) is 6.85. The fourth-order valence-corrected chi connectivity index (χ4v) is 1.18. The maximum atomic E-state index is 12.5. The molecule has 0 aromatic rings. The van der Waals surface area contributed by atoms with Crippen LogP contribution < -0.4 is 0 Å². The van der Waals surface area contributed by atoms with E-state index in [1.54, 1.807) is 7.05 Å². The van der Waals surface area contributed by atoms with Crippen LogP contribution in [-0.2, 0) is 0 Å². The second kappa shape index (κ2) is 7.03. The standard InChI is InChI=1S/C9H17F4NO2/c1-14(4-5-15)6-7(16)2-3-9(12,13)8(10)11/h7-8,15-16H,2-6H2,1H3. The van der Waals surface area contributed by atoms with Gasteiger partial charge in [-0.1, -0.05) is 0 Å². The van der Waals surface area contributed by atoms with Gasteiger partial charge < -0.3 is 15.1 Å². The molecule has 2 N–H and O–H groups in total. The summed E-state index contributed by atoms with van der Waals surface area (Å²) in [5.74, 6) is -4.05. The van der Waals surface area contributed by atoms with Gasteiger partial charge >= 0.3 is 12.3 Å². The predicted molar refractivity (Wildman–Crippen MR) is 50.8 cm³/mol. The van der Waals surface area contributed by atoms with Crippen molar-refractivity contribution in [3.63, 3.8) is 0 Å². The highest BCUT2D eigenvalue weighted by atomic mass is 19.3. The van der Waals surface area contributed by atoms with Gasteiger partial charge in [0.25, 0.3) is 0 Å². The second-order valence-electron chi connectivity index (χ2n) is 3.74. The van der Waals surface area contributed by atoms with Gasteiger partial charge in [-0.2, -0.15) is 0 Å². The zero-order chi connectivity index (χ0) is 12.8. The fourth-order valence-electron chi connectivity index (χ4n) is 1.18. The molecular formula is C9H17F4NO2. The molecule has 1 atom stereocenters. The Bertz CT molecular complexity index is 192. The zero-order valence-electron chi connectivity index (χ0n) is 9.04. The molecule has 0 aliphatic heterocycles. The molecule has 0 radical (unpaired) electrons. The predicted octanol–water partition coefficient (Wildman–Crippen LogP) is 0.952. The van der Waals surface area contributed by atoms with Crippen molar-refractivity contribution in [3.8, 4) is 0 Å². The summed E-state index contributed by atoms with van der Waals surface area (Å²) < 4.78 is 48.5. The van der Waals surface area contributed by atoms with Gasteiger partial charge in [-0.05, 0) is 13.5 Å². The first-order valence-corrected chi connectivity index (χ1v) is 4.93. The monoisotopic (exact) mass is 247 g/mol. The molecule has 0 amide bonds. The number of nitrogens with zero attached hydrogens (tertiary/aromatic N) is 1. The van der Waals surface area contributed by atoms with E-state index >= 15 is 0 Å². The summed E-state index contributed by atoms with van der Waals surface area (Å²) in [6, 6.07) is 0. The van der Waals surface area contributed by atoms with Crippen LogP contribution in [0.2, 0.25) is 0 Å². The van der Waals surface area contributed by atoms with Crippen molar-refractivity contribution >= 4 is 0 Å². The van der Waals surface area contributed by atoms with Crippen LogP contribution in [0.5, 0.6) is 0 Å². The molecular weight excluding hydrogens is 230 g/mol. The molecule has 0 saturated carbocycles. The Morgan fingerprint density at radius 3 is 2.31 bits per heavy atom. The van der Waals surface area contributed by atoms with Crippen molar-refractivity contribution in [1.29, 1.82) is 0 Å². The Labute approximate surface area is 91.7 Å². The minimum absolute atomic E-state index is 0.0693. The summed E-state index contributed by atoms with van der Waals surface area (Å²) in [6.45, 7) is 0.249. The number of hydrogen-bond donors (Lipinski definition) is 2. The van der Waals surface area contributed by atoms with E-state index < -0.39 is 31.3 Å². The number of rotatable bonds is 8. The quantitative estimate of drug-likeness (QED) is 0.628. The number of hydrogen-bond acceptors (Lipinski definition) is 3. The summed E-state index contributed by atoms with van der Waals surface area (Å²) in [4.78, 5) is 1.53. The summed E-state index contributed by atoms with van der Waals surface area (Å²) >= 11 is 0. The molecule has 0 fully saturated rings. The number of aliphatic hydroxyl groups excluding tert-OH is 2. The molecule has 0 rings (SSSR count). The fraction of sp³-hybridized carbons (Fsp3) is 1.00. The molecule has 16 heavy (non-hydrogen) atoms. The van der Waals surface area contributed by atoms with Crippen LogP contribution in [0.4, 0.5) is 17.6 Å². The van der Waals surface area contributed by atoms with Gasteiger partial charge in [0.05, 0.1) is 12.7 Å². The SMILES string of the molecule is CN(CCO)CC(O)CCC(F)(F)C(F)F. The van der Waals surface area contributed by atoms with Crippen LogP contribution in [0.3, 0.4) is 0 Å². The smallest absolute Gasteiger partial charge is 0.307 e. The maximum Gasteiger partial charge on any atom is 0.307 e. The highest BCUT2D eigenvalue weighted by molar-refractivity contribution is 4.72. The normalized spacial score (nSPS) is 14.8. The van der Waals surface area contributed by atoms with Gasteiger partial charge in [0.1, 0.15) is 0 Å². The van der Waals surface area contributed by atoms with Crippen molar-refractivity contribution in [2.24, 2.45) is 0 Å². The highest BCUT2D eigenvalue weighted by Crippen LogP contribution is 2.28. The Morgan fingerprint density at radius 1 is 1.31 bits per heavy atom. The van der Waals surface area contributed by atoms with E-state index in [0.717, 1.165) is 0 Å². The molecule has 0 heterocycles. The van der Waals surface area contributed by atoms with Crippen LogP contribution >= 0.6 is 0 Å². The highest BCUT2D eigenvalue weighted by Gasteiger charge is 2.40. The summed E-state index contributed by atoms with van der Waals surface area (Å²) in [7, 11) is 1.59. The molecule has 0 bridgehead atoms. The van der Waals surface area contributed by atoms with E-state index in [1.165, 1.54) is 4.90 Å². The maximum absolute atomic E-state index is 12.5. The van der Waals surface area contributed by atoms with Crippen molar-refractivity contribution in [3.05, 3.63) is 0 Å². The van der Waals surface area contributed by atoms with Crippen molar-refractivity contribution in [2.75, 3.05) is 26.7 Å². The average Bonchev–Trinajstić information content (AvgIpc) is 2.15. The summed E-state index contributed by atoms with van der Waals surface area (Å²) in [5.41, 5.74) is 0. The van der Waals surface area contributed by atoms with Crippen LogP contribution in [0, 0.1) is 0 Å². The van der Waals surface area contributed by atoms with Crippen LogP contribution in [0.15, 0.2) is 0 Å². The third-order valence-corrected chi connectivity index (χ3v) is 2.13. The van der Waals surface area contributed by atoms with Gasteiger partial charge in [0.15, 0.2) is 0 Å². The average molecular weight is 247 g/mol. The number of alkyl halides is 4. The Morgan fingerprint density at radius 2 is 1.88 bits per heavy atom. The third kappa shape index (κ3) is 6.24. The van der Waals surface area contributed by atoms with E-state index in [9.17, 15) is 22.7 Å². The van der Waals surface area contributed by atoms with Gasteiger partial charge in [-0.15, -0.1) is 0 Å². The first-order chi connectivity index (χ1) is 7.29. The Hall–Kier alpha value is -0.400. The third-order valence-electron chi connectivity index (χ3n) is 2.13. The topological polar surface area (TPSA) is 43.7 Å². The molecule has 7 heteroatoms. The lowest BCUT2D eigenvalue weighted by Gasteiger charge is -2.21. The number of halogens is 4. The van der Waals surface area contributed by atoms with Crippen molar-refractivity contribution in [1.82, 2.24) is 4.90 Å². The molecule has 0 spiro atoms. The minimum atomic E-state index is -4.05. The minimum Gasteiger partial charge on any atom is -0.395 e. The molecule has 0 aliphatic rings. The van der Waals surface area contributed by atoms with Gasteiger partial charge in [-0.25, -0.2) is 17.6 Å². The van der Waals surface area contributed by atoms with E-state index in [4.69, 9.17) is 5.11 Å². The largest absolute Gasteiger partial charge is 0.395 e. The van der Waals surface area contributed by atoms with Gasteiger partial charge in [0, 0.05) is 19.5 Å². The van der Waals surface area contributed by atoms with Gasteiger partial charge in [-0.3, -0.25) is 0 Å². The lowest BCUT2D eigenvalue weighted by atomic mass is 10.1. The molecule has 98 valence electrons. The zero-order valence-corrected chi connectivity index (χ0v) is 9.04. The van der Waals surface area contributed by atoms with Crippen LogP contribution in [0.25, 0.3) is 0 Å². The summed E-state index contributed by atoms with van der Waals surface area (Å²) in [6.07, 6.45) is -6.23. The molecule has 0 aliphatic carbocycles. The van der Waals surface area contributed by atoms with Crippen molar-refractivity contribution in [2.45, 2.75) is 31.3 Å². The molecule has 0 aromatic carbocycles. The molecule has 0 aromatic heterocycles. The first kappa shape index (κ1) is 15.6. The number of likely N-dealkylation sites (N-methyl/N-ethyl adjacent to an activating group) is 1. The molecule has 3 nitrogen and oxygen atoms in total. The van der Waals surface area contributed by atoms with E-state index in [0.29, 0.717) is 6.54 Å².